The fourth-order valence-electron chi connectivity index (χ4n) is 0.625. The largest absolute Gasteiger partial charge is 0.379 e. The fourth-order valence-corrected chi connectivity index (χ4v) is 0.625. The summed E-state index contributed by atoms with van der Waals surface area (Å²) >= 11 is 0. The van der Waals surface area contributed by atoms with Crippen LogP contribution in [0.1, 0.15) is 40.0 Å². The van der Waals surface area contributed by atoms with Gasteiger partial charge in [0, 0.05) is 6.61 Å². The highest BCUT2D eigenvalue weighted by Crippen LogP contribution is 2.08. The Bertz CT molecular complexity index is 79.9. The van der Waals surface area contributed by atoms with E-state index in [2.05, 4.69) is 20.8 Å². The summed E-state index contributed by atoms with van der Waals surface area (Å²) in [6.45, 7) is 9.03. The van der Waals surface area contributed by atoms with Crippen LogP contribution in [0.5, 0.6) is 0 Å². The van der Waals surface area contributed by atoms with E-state index >= 15 is 0 Å². The van der Waals surface area contributed by atoms with Gasteiger partial charge in [-0.05, 0) is 6.42 Å². The van der Waals surface area contributed by atoms with Gasteiger partial charge in [0.25, 0.3) is 0 Å². The molecule has 0 spiro atoms. The van der Waals surface area contributed by atoms with Crippen LogP contribution in [0, 0.1) is 0 Å². The Morgan fingerprint density at radius 2 is 1.92 bits per heavy atom. The van der Waals surface area contributed by atoms with Crippen LogP contribution in [-0.2, 0) is 9.47 Å². The second-order valence-corrected chi connectivity index (χ2v) is 3.09. The van der Waals surface area contributed by atoms with Gasteiger partial charge in [-0.3, -0.25) is 0 Å². The first kappa shape index (κ1) is 11.9. The average Bonchev–Trinajstić information content (AvgIpc) is 2.83. The lowest BCUT2D eigenvalue weighted by Gasteiger charge is -1.97. The highest BCUT2D eigenvalue weighted by molar-refractivity contribution is 4.66. The van der Waals surface area contributed by atoms with Gasteiger partial charge in [-0.25, -0.2) is 0 Å². The van der Waals surface area contributed by atoms with Gasteiger partial charge in [0.05, 0.1) is 13.2 Å². The van der Waals surface area contributed by atoms with Crippen molar-refractivity contribution in [2.24, 2.45) is 0 Å². The van der Waals surface area contributed by atoms with Crippen molar-refractivity contribution >= 4 is 0 Å². The maximum atomic E-state index is 5.27. The molecule has 0 aliphatic carbocycles. The lowest BCUT2D eigenvalue weighted by Crippen LogP contribution is -2.01. The summed E-state index contributed by atoms with van der Waals surface area (Å²) in [6, 6.07) is 0. The number of hydrogen-bond acceptors (Lipinski definition) is 2. The van der Waals surface area contributed by atoms with E-state index in [0.29, 0.717) is 6.10 Å². The minimum atomic E-state index is 0.432. The molecule has 1 aliphatic rings. The van der Waals surface area contributed by atoms with Crippen molar-refractivity contribution in [1.82, 2.24) is 0 Å². The summed E-state index contributed by atoms with van der Waals surface area (Å²) in [5.41, 5.74) is 0. The topological polar surface area (TPSA) is 21.8 Å². The second-order valence-electron chi connectivity index (χ2n) is 3.09. The molecule has 1 heterocycles. The maximum Gasteiger partial charge on any atom is 0.104 e. The lowest BCUT2D eigenvalue weighted by molar-refractivity contribution is 0.114. The van der Waals surface area contributed by atoms with Crippen LogP contribution in [0.25, 0.3) is 0 Å². The van der Waals surface area contributed by atoms with Crippen LogP contribution in [0.3, 0.4) is 0 Å². The van der Waals surface area contributed by atoms with E-state index in [1.807, 2.05) is 0 Å². The van der Waals surface area contributed by atoms with Gasteiger partial charge < -0.3 is 9.47 Å². The van der Waals surface area contributed by atoms with Gasteiger partial charge in [0.2, 0.25) is 0 Å². The zero-order valence-corrected chi connectivity index (χ0v) is 8.64. The molecule has 1 atom stereocenters. The normalized spacial score (nSPS) is 19.8. The van der Waals surface area contributed by atoms with Crippen molar-refractivity contribution in [2.45, 2.75) is 46.1 Å². The van der Waals surface area contributed by atoms with Gasteiger partial charge in [-0.1, -0.05) is 33.6 Å². The SMILES string of the molecule is CCC.CCCCOCC1CO1. The first-order valence-corrected chi connectivity index (χ1v) is 5.04. The van der Waals surface area contributed by atoms with Crippen molar-refractivity contribution < 1.29 is 9.47 Å². The molecule has 1 aliphatic heterocycles. The molecule has 0 aromatic rings. The molecule has 0 radical (unpaired) electrons. The summed E-state index contributed by atoms with van der Waals surface area (Å²) in [5.74, 6) is 0. The molecular weight excluding hydrogens is 152 g/mol. The monoisotopic (exact) mass is 174 g/mol. The molecule has 1 unspecified atom stereocenters. The Balaban J connectivity index is 0.000000354. The van der Waals surface area contributed by atoms with Crippen LogP contribution in [-0.4, -0.2) is 25.9 Å². The van der Waals surface area contributed by atoms with Gasteiger partial charge in [-0.2, -0.15) is 0 Å². The molecule has 1 saturated heterocycles. The first-order chi connectivity index (χ1) is 5.85. The van der Waals surface area contributed by atoms with E-state index in [0.717, 1.165) is 19.8 Å². The van der Waals surface area contributed by atoms with Crippen molar-refractivity contribution in [3.8, 4) is 0 Å². The summed E-state index contributed by atoms with van der Waals surface area (Å²) in [7, 11) is 0. The molecular formula is C10H22O2. The number of unbranched alkanes of at least 4 members (excludes halogenated alkanes) is 1. The van der Waals surface area contributed by atoms with Gasteiger partial charge in [0.15, 0.2) is 0 Å². The van der Waals surface area contributed by atoms with Crippen LogP contribution in [0.4, 0.5) is 0 Å². The predicted molar refractivity (Wildman–Crippen MR) is 51.4 cm³/mol. The summed E-state index contributed by atoms with van der Waals surface area (Å²) < 4.78 is 10.2. The predicted octanol–water partition coefficient (Wildman–Crippen LogP) is 2.62. The number of ether oxygens (including phenoxy) is 2. The number of epoxide rings is 1. The molecule has 0 bridgehead atoms. The molecule has 0 saturated carbocycles. The van der Waals surface area contributed by atoms with Gasteiger partial charge in [-0.15, -0.1) is 0 Å². The third kappa shape index (κ3) is 9.92. The average molecular weight is 174 g/mol. The molecule has 1 fully saturated rings. The third-order valence-corrected chi connectivity index (χ3v) is 1.35. The fraction of sp³-hybridized carbons (Fsp3) is 1.00. The van der Waals surface area contributed by atoms with E-state index in [-0.39, 0.29) is 0 Å². The molecule has 0 N–H and O–H groups in total. The highest BCUT2D eigenvalue weighted by Gasteiger charge is 2.21. The molecule has 0 amide bonds. The molecule has 0 aromatic carbocycles. The standard InChI is InChI=1S/C7H14O2.C3H8/c1-2-3-4-8-5-7-6-9-7;1-3-2/h7H,2-6H2,1H3;3H2,1-2H3. The minimum absolute atomic E-state index is 0.432. The minimum Gasteiger partial charge on any atom is -0.379 e. The highest BCUT2D eigenvalue weighted by atomic mass is 16.6. The van der Waals surface area contributed by atoms with E-state index in [1.54, 1.807) is 0 Å². The molecule has 0 aromatic heterocycles. The second kappa shape index (κ2) is 9.01. The van der Waals surface area contributed by atoms with Crippen molar-refractivity contribution in [1.29, 1.82) is 0 Å². The maximum absolute atomic E-state index is 5.27. The van der Waals surface area contributed by atoms with Gasteiger partial charge in [0.1, 0.15) is 6.10 Å². The Morgan fingerprint density at radius 1 is 1.33 bits per heavy atom. The van der Waals surface area contributed by atoms with Crippen molar-refractivity contribution in [3.63, 3.8) is 0 Å². The Labute approximate surface area is 76.3 Å². The molecule has 74 valence electrons. The van der Waals surface area contributed by atoms with Crippen molar-refractivity contribution in [2.75, 3.05) is 19.8 Å². The van der Waals surface area contributed by atoms with E-state index in [1.165, 1.54) is 19.3 Å². The van der Waals surface area contributed by atoms with Crippen molar-refractivity contribution in [3.05, 3.63) is 0 Å². The number of rotatable bonds is 5. The van der Waals surface area contributed by atoms with E-state index < -0.39 is 0 Å². The lowest BCUT2D eigenvalue weighted by atomic mass is 10.4. The molecule has 2 heteroatoms. The molecule has 12 heavy (non-hydrogen) atoms. The van der Waals surface area contributed by atoms with Gasteiger partial charge >= 0.3 is 0 Å². The molecule has 1 rings (SSSR count). The zero-order chi connectivity index (χ0) is 9.23. The first-order valence-electron chi connectivity index (χ1n) is 5.04. The smallest absolute Gasteiger partial charge is 0.104 e. The summed E-state index contributed by atoms with van der Waals surface area (Å²) in [4.78, 5) is 0. The Hall–Kier alpha value is -0.0800. The zero-order valence-electron chi connectivity index (χ0n) is 8.64. The van der Waals surface area contributed by atoms with Crippen LogP contribution in [0.15, 0.2) is 0 Å². The van der Waals surface area contributed by atoms with E-state index in [4.69, 9.17) is 9.47 Å². The number of hydrogen-bond donors (Lipinski definition) is 0. The Morgan fingerprint density at radius 3 is 2.33 bits per heavy atom. The summed E-state index contributed by atoms with van der Waals surface area (Å²) in [5, 5.41) is 0. The Kier molecular flexibility index (Phi) is 8.95. The summed E-state index contributed by atoms with van der Waals surface area (Å²) in [6.07, 6.45) is 4.07. The molecule has 2 nitrogen and oxygen atoms in total. The third-order valence-electron chi connectivity index (χ3n) is 1.35. The van der Waals surface area contributed by atoms with Crippen LogP contribution >= 0.6 is 0 Å². The quantitative estimate of drug-likeness (QED) is 0.472. The van der Waals surface area contributed by atoms with Crippen LogP contribution < -0.4 is 0 Å². The van der Waals surface area contributed by atoms with Crippen LogP contribution in [0.2, 0.25) is 0 Å². The van der Waals surface area contributed by atoms with E-state index in [9.17, 15) is 0 Å².